The van der Waals surface area contributed by atoms with Gasteiger partial charge in [0.25, 0.3) is 0 Å². The highest BCUT2D eigenvalue weighted by molar-refractivity contribution is 5.82. The second kappa shape index (κ2) is 7.05. The summed E-state index contributed by atoms with van der Waals surface area (Å²) < 4.78 is 10.5. The molecule has 23 heavy (non-hydrogen) atoms. The van der Waals surface area contributed by atoms with Crippen molar-refractivity contribution in [3.8, 4) is 11.5 Å². The Morgan fingerprint density at radius 1 is 1.04 bits per heavy atom. The number of nitrogens with zero attached hydrogens (tertiary/aromatic N) is 1. The van der Waals surface area contributed by atoms with Crippen LogP contribution in [-0.4, -0.2) is 39.4 Å². The summed E-state index contributed by atoms with van der Waals surface area (Å²) in [5, 5.41) is 9.71. The largest absolute Gasteiger partial charge is 0.497 e. The second-order valence-electron chi connectivity index (χ2n) is 5.37. The zero-order valence-electron chi connectivity index (χ0n) is 13.7. The predicted molar refractivity (Wildman–Crippen MR) is 89.8 cm³/mol. The first-order valence-corrected chi connectivity index (χ1v) is 7.20. The number of aliphatic carboxylic acids is 1. The van der Waals surface area contributed by atoms with Crippen LogP contribution in [0, 0.1) is 0 Å². The van der Waals surface area contributed by atoms with Crippen molar-refractivity contribution in [1.29, 1.82) is 0 Å². The van der Waals surface area contributed by atoms with Gasteiger partial charge in [0, 0.05) is 31.4 Å². The molecule has 2 rings (SSSR count). The molecule has 2 aromatic carbocycles. The molecule has 0 aliphatic rings. The summed E-state index contributed by atoms with van der Waals surface area (Å²) in [7, 11) is 6.97. The monoisotopic (exact) mass is 315 g/mol. The van der Waals surface area contributed by atoms with E-state index in [1.54, 1.807) is 44.6 Å². The summed E-state index contributed by atoms with van der Waals surface area (Å²) >= 11 is 0. The highest BCUT2D eigenvalue weighted by Gasteiger charge is 2.25. The first kappa shape index (κ1) is 16.7. The summed E-state index contributed by atoms with van der Waals surface area (Å²) in [5.74, 6) is -0.481. The van der Waals surface area contributed by atoms with Gasteiger partial charge < -0.3 is 19.5 Å². The van der Waals surface area contributed by atoms with E-state index in [0.29, 0.717) is 22.6 Å². The summed E-state index contributed by atoms with van der Waals surface area (Å²) in [6, 6.07) is 12.6. The number of methoxy groups -OCH3 is 2. The molecule has 5 heteroatoms. The van der Waals surface area contributed by atoms with Crippen molar-refractivity contribution < 1.29 is 19.4 Å². The maximum absolute atomic E-state index is 11.8. The van der Waals surface area contributed by atoms with Crippen LogP contribution >= 0.6 is 0 Å². The van der Waals surface area contributed by atoms with Crippen LogP contribution in [0.1, 0.15) is 17.0 Å². The van der Waals surface area contributed by atoms with Crippen LogP contribution in [0.2, 0.25) is 0 Å². The van der Waals surface area contributed by atoms with Gasteiger partial charge >= 0.3 is 5.97 Å². The SMILES string of the molecule is COc1ccc(C(C(=O)O)c2ccc(N(C)C)cc2OC)cc1. The summed E-state index contributed by atoms with van der Waals surface area (Å²) in [6.07, 6.45) is 0. The molecule has 0 aliphatic carbocycles. The minimum Gasteiger partial charge on any atom is -0.497 e. The molecular formula is C18H21NO4. The Kier molecular flexibility index (Phi) is 5.11. The fourth-order valence-corrected chi connectivity index (χ4v) is 2.47. The molecule has 0 bridgehead atoms. The normalized spacial score (nSPS) is 11.7. The van der Waals surface area contributed by atoms with E-state index in [0.717, 1.165) is 5.69 Å². The van der Waals surface area contributed by atoms with Gasteiger partial charge in [-0.25, -0.2) is 0 Å². The van der Waals surface area contributed by atoms with E-state index in [1.165, 1.54) is 0 Å². The van der Waals surface area contributed by atoms with E-state index in [9.17, 15) is 9.90 Å². The van der Waals surface area contributed by atoms with Gasteiger partial charge in [-0.05, 0) is 23.8 Å². The first-order valence-electron chi connectivity index (χ1n) is 7.20. The van der Waals surface area contributed by atoms with Crippen molar-refractivity contribution in [3.05, 3.63) is 53.6 Å². The van der Waals surface area contributed by atoms with Crippen LogP contribution < -0.4 is 14.4 Å². The number of hydrogen-bond acceptors (Lipinski definition) is 4. The number of anilines is 1. The van der Waals surface area contributed by atoms with Gasteiger partial charge in [-0.2, -0.15) is 0 Å². The fraction of sp³-hybridized carbons (Fsp3) is 0.278. The third kappa shape index (κ3) is 3.56. The average molecular weight is 315 g/mol. The van der Waals surface area contributed by atoms with Crippen LogP contribution in [-0.2, 0) is 4.79 Å². The number of carboxylic acids is 1. The zero-order chi connectivity index (χ0) is 17.0. The molecule has 1 atom stereocenters. The molecule has 2 aromatic rings. The highest BCUT2D eigenvalue weighted by atomic mass is 16.5. The topological polar surface area (TPSA) is 59.0 Å². The molecule has 0 saturated heterocycles. The molecule has 0 radical (unpaired) electrons. The van der Waals surface area contributed by atoms with E-state index >= 15 is 0 Å². The molecule has 1 N–H and O–H groups in total. The summed E-state index contributed by atoms with van der Waals surface area (Å²) in [4.78, 5) is 13.8. The quantitative estimate of drug-likeness (QED) is 0.888. The van der Waals surface area contributed by atoms with Crippen molar-refractivity contribution in [3.63, 3.8) is 0 Å². The number of ether oxygens (including phenoxy) is 2. The van der Waals surface area contributed by atoms with Crippen LogP contribution in [0.25, 0.3) is 0 Å². The zero-order valence-corrected chi connectivity index (χ0v) is 13.7. The number of carboxylic acid groups (broad SMARTS) is 1. The molecule has 0 spiro atoms. The third-order valence-electron chi connectivity index (χ3n) is 3.74. The van der Waals surface area contributed by atoms with Crippen LogP contribution in [0.15, 0.2) is 42.5 Å². The minimum absolute atomic E-state index is 0.555. The van der Waals surface area contributed by atoms with Gasteiger partial charge in [-0.3, -0.25) is 4.79 Å². The Bertz CT molecular complexity index is 680. The van der Waals surface area contributed by atoms with Crippen molar-refractivity contribution in [2.75, 3.05) is 33.2 Å². The molecule has 0 saturated carbocycles. The van der Waals surface area contributed by atoms with Crippen LogP contribution in [0.4, 0.5) is 5.69 Å². The lowest BCUT2D eigenvalue weighted by Gasteiger charge is -2.20. The standard InChI is InChI=1S/C18H21NO4/c1-19(2)13-7-10-15(16(11-13)23-4)17(18(20)21)12-5-8-14(22-3)9-6-12/h5-11,17H,1-4H3,(H,20,21). The third-order valence-corrected chi connectivity index (χ3v) is 3.74. The van der Waals surface area contributed by atoms with E-state index in [-0.39, 0.29) is 0 Å². The average Bonchev–Trinajstić information content (AvgIpc) is 2.55. The van der Waals surface area contributed by atoms with Gasteiger partial charge in [0.1, 0.15) is 17.4 Å². The predicted octanol–water partition coefficient (Wildman–Crippen LogP) is 2.99. The van der Waals surface area contributed by atoms with Crippen molar-refractivity contribution in [2.24, 2.45) is 0 Å². The molecule has 122 valence electrons. The number of hydrogen-bond donors (Lipinski definition) is 1. The maximum Gasteiger partial charge on any atom is 0.315 e. The molecule has 0 heterocycles. The number of rotatable bonds is 6. The molecule has 0 aromatic heterocycles. The Morgan fingerprint density at radius 2 is 1.70 bits per heavy atom. The Morgan fingerprint density at radius 3 is 2.17 bits per heavy atom. The Labute approximate surface area is 136 Å². The first-order chi connectivity index (χ1) is 11.0. The smallest absolute Gasteiger partial charge is 0.315 e. The Balaban J connectivity index is 2.50. The van der Waals surface area contributed by atoms with E-state index in [2.05, 4.69) is 0 Å². The van der Waals surface area contributed by atoms with Crippen molar-refractivity contribution >= 4 is 11.7 Å². The number of carbonyl (C=O) groups is 1. The van der Waals surface area contributed by atoms with E-state index in [1.807, 2.05) is 31.1 Å². The summed E-state index contributed by atoms with van der Waals surface area (Å²) in [6.45, 7) is 0. The summed E-state index contributed by atoms with van der Waals surface area (Å²) in [5.41, 5.74) is 2.24. The lowest BCUT2D eigenvalue weighted by atomic mass is 9.90. The maximum atomic E-state index is 11.8. The lowest BCUT2D eigenvalue weighted by molar-refractivity contribution is -0.137. The molecule has 1 unspecified atom stereocenters. The van der Waals surface area contributed by atoms with Crippen LogP contribution in [0.5, 0.6) is 11.5 Å². The lowest BCUT2D eigenvalue weighted by Crippen LogP contribution is -2.15. The van der Waals surface area contributed by atoms with Gasteiger partial charge in [-0.15, -0.1) is 0 Å². The highest BCUT2D eigenvalue weighted by Crippen LogP contribution is 2.35. The molecule has 5 nitrogen and oxygen atoms in total. The molecule has 0 amide bonds. The van der Waals surface area contributed by atoms with E-state index in [4.69, 9.17) is 9.47 Å². The minimum atomic E-state index is -0.925. The second-order valence-corrected chi connectivity index (χ2v) is 5.37. The van der Waals surface area contributed by atoms with Gasteiger partial charge in [0.15, 0.2) is 0 Å². The van der Waals surface area contributed by atoms with Gasteiger partial charge in [0.05, 0.1) is 14.2 Å². The molecule has 0 aliphatic heterocycles. The van der Waals surface area contributed by atoms with Crippen molar-refractivity contribution in [2.45, 2.75) is 5.92 Å². The van der Waals surface area contributed by atoms with E-state index < -0.39 is 11.9 Å². The fourth-order valence-electron chi connectivity index (χ4n) is 2.47. The van der Waals surface area contributed by atoms with Crippen LogP contribution in [0.3, 0.4) is 0 Å². The Hall–Kier alpha value is -2.69. The number of benzene rings is 2. The van der Waals surface area contributed by atoms with Gasteiger partial charge in [-0.1, -0.05) is 18.2 Å². The molecule has 0 fully saturated rings. The van der Waals surface area contributed by atoms with Crippen molar-refractivity contribution in [1.82, 2.24) is 0 Å². The van der Waals surface area contributed by atoms with Gasteiger partial charge in [0.2, 0.25) is 0 Å². The molecular weight excluding hydrogens is 294 g/mol.